The van der Waals surface area contributed by atoms with E-state index in [2.05, 4.69) is 11.9 Å². The fourth-order valence-electron chi connectivity index (χ4n) is 2.56. The molecule has 1 atom stereocenters. The van der Waals surface area contributed by atoms with Crippen LogP contribution in [0.4, 0.5) is 0 Å². The maximum Gasteiger partial charge on any atom is 0.0608 e. The van der Waals surface area contributed by atoms with E-state index in [1.54, 1.807) is 0 Å². The summed E-state index contributed by atoms with van der Waals surface area (Å²) in [5.74, 6) is 0.923. The quantitative estimate of drug-likeness (QED) is 0.696. The Balaban J connectivity index is 2.07. The first-order valence-corrected chi connectivity index (χ1v) is 6.62. The third-order valence-corrected chi connectivity index (χ3v) is 3.69. The predicted molar refractivity (Wildman–Crippen MR) is 68.4 cm³/mol. The van der Waals surface area contributed by atoms with Gasteiger partial charge < -0.3 is 15.7 Å². The molecule has 0 bridgehead atoms. The van der Waals surface area contributed by atoms with Crippen LogP contribution in [0, 0.1) is 5.92 Å². The zero-order chi connectivity index (χ0) is 12.0. The number of rotatable bonds is 7. The molecule has 1 rings (SSSR count). The summed E-state index contributed by atoms with van der Waals surface area (Å²) in [6.45, 7) is 4.34. The second-order valence-electron chi connectivity index (χ2n) is 5.83. The Morgan fingerprint density at radius 2 is 2.00 bits per heavy atom. The summed E-state index contributed by atoms with van der Waals surface area (Å²) in [6.07, 6.45) is 7.65. The van der Waals surface area contributed by atoms with Crippen molar-refractivity contribution in [1.29, 1.82) is 0 Å². The van der Waals surface area contributed by atoms with Crippen molar-refractivity contribution in [2.24, 2.45) is 11.7 Å². The van der Waals surface area contributed by atoms with E-state index in [-0.39, 0.29) is 6.61 Å². The molecule has 0 aromatic heterocycles. The number of aliphatic hydroxyl groups excluding tert-OH is 1. The van der Waals surface area contributed by atoms with Crippen LogP contribution in [0.5, 0.6) is 0 Å². The zero-order valence-corrected chi connectivity index (χ0v) is 10.9. The van der Waals surface area contributed by atoms with E-state index in [9.17, 15) is 0 Å². The molecular formula is C13H28N2O. The van der Waals surface area contributed by atoms with E-state index in [1.807, 2.05) is 6.92 Å². The van der Waals surface area contributed by atoms with E-state index in [0.717, 1.165) is 25.3 Å². The van der Waals surface area contributed by atoms with Crippen molar-refractivity contribution in [2.75, 3.05) is 26.7 Å². The van der Waals surface area contributed by atoms with Crippen LogP contribution in [-0.4, -0.2) is 42.3 Å². The van der Waals surface area contributed by atoms with Gasteiger partial charge in [-0.2, -0.15) is 0 Å². The summed E-state index contributed by atoms with van der Waals surface area (Å²) < 4.78 is 0. The van der Waals surface area contributed by atoms with Gasteiger partial charge in [0, 0.05) is 12.1 Å². The van der Waals surface area contributed by atoms with Gasteiger partial charge in [0.25, 0.3) is 0 Å². The van der Waals surface area contributed by atoms with Crippen LogP contribution < -0.4 is 5.73 Å². The average Bonchev–Trinajstić information content (AvgIpc) is 2.70. The molecule has 0 aromatic rings. The lowest BCUT2D eigenvalue weighted by Gasteiger charge is -2.25. The van der Waals surface area contributed by atoms with Gasteiger partial charge in [-0.3, -0.25) is 0 Å². The monoisotopic (exact) mass is 228 g/mol. The molecule has 16 heavy (non-hydrogen) atoms. The lowest BCUT2D eigenvalue weighted by Crippen LogP contribution is -2.40. The molecule has 0 spiro atoms. The van der Waals surface area contributed by atoms with E-state index >= 15 is 0 Å². The Morgan fingerprint density at radius 1 is 1.38 bits per heavy atom. The van der Waals surface area contributed by atoms with Gasteiger partial charge in [-0.05, 0) is 52.1 Å². The summed E-state index contributed by atoms with van der Waals surface area (Å²) in [5.41, 5.74) is 5.50. The molecule has 3 N–H and O–H groups in total. The van der Waals surface area contributed by atoms with E-state index in [1.165, 1.54) is 32.2 Å². The number of hydrogen-bond donors (Lipinski definition) is 2. The van der Waals surface area contributed by atoms with Crippen LogP contribution in [0.3, 0.4) is 0 Å². The van der Waals surface area contributed by atoms with Crippen molar-refractivity contribution in [3.8, 4) is 0 Å². The molecule has 0 aromatic carbocycles. The molecule has 0 aliphatic heterocycles. The van der Waals surface area contributed by atoms with Gasteiger partial charge >= 0.3 is 0 Å². The first-order valence-electron chi connectivity index (χ1n) is 6.62. The van der Waals surface area contributed by atoms with Crippen LogP contribution in [0.2, 0.25) is 0 Å². The highest BCUT2D eigenvalue weighted by Crippen LogP contribution is 2.25. The minimum atomic E-state index is -0.395. The van der Waals surface area contributed by atoms with Crippen LogP contribution in [0.15, 0.2) is 0 Å². The largest absolute Gasteiger partial charge is 0.394 e. The van der Waals surface area contributed by atoms with Gasteiger partial charge in [0.05, 0.1) is 6.61 Å². The number of aliphatic hydroxyl groups is 1. The molecule has 3 nitrogen and oxygen atoms in total. The van der Waals surface area contributed by atoms with Gasteiger partial charge in [-0.25, -0.2) is 0 Å². The fourth-order valence-corrected chi connectivity index (χ4v) is 2.56. The Labute approximate surface area is 100 Å². The first-order chi connectivity index (χ1) is 7.53. The van der Waals surface area contributed by atoms with Crippen LogP contribution in [0.1, 0.15) is 45.4 Å². The highest BCUT2D eigenvalue weighted by atomic mass is 16.3. The van der Waals surface area contributed by atoms with Crippen molar-refractivity contribution in [2.45, 2.75) is 51.0 Å². The maximum atomic E-state index is 9.05. The summed E-state index contributed by atoms with van der Waals surface area (Å²) in [5, 5.41) is 9.05. The Kier molecular flexibility index (Phi) is 5.73. The van der Waals surface area contributed by atoms with Crippen molar-refractivity contribution in [3.05, 3.63) is 0 Å². The van der Waals surface area contributed by atoms with Crippen molar-refractivity contribution in [3.63, 3.8) is 0 Å². The molecule has 1 aliphatic rings. The van der Waals surface area contributed by atoms with Gasteiger partial charge in [0.2, 0.25) is 0 Å². The maximum absolute atomic E-state index is 9.05. The molecule has 0 heterocycles. The van der Waals surface area contributed by atoms with Crippen LogP contribution in [-0.2, 0) is 0 Å². The molecule has 3 heteroatoms. The van der Waals surface area contributed by atoms with E-state index in [0.29, 0.717) is 0 Å². The SMILES string of the molecule is CN(CCCC(C)(N)CO)CC1CCCC1. The second kappa shape index (κ2) is 6.58. The van der Waals surface area contributed by atoms with Crippen molar-refractivity contribution < 1.29 is 5.11 Å². The highest BCUT2D eigenvalue weighted by Gasteiger charge is 2.18. The lowest BCUT2D eigenvalue weighted by atomic mass is 9.98. The molecule has 1 fully saturated rings. The minimum absolute atomic E-state index is 0.0827. The Hall–Kier alpha value is -0.120. The molecule has 96 valence electrons. The Morgan fingerprint density at radius 3 is 2.56 bits per heavy atom. The van der Waals surface area contributed by atoms with Crippen LogP contribution >= 0.6 is 0 Å². The first kappa shape index (κ1) is 13.9. The molecule has 1 saturated carbocycles. The molecule has 0 radical (unpaired) electrons. The molecular weight excluding hydrogens is 200 g/mol. The van der Waals surface area contributed by atoms with Crippen molar-refractivity contribution in [1.82, 2.24) is 4.90 Å². The number of nitrogens with zero attached hydrogens (tertiary/aromatic N) is 1. The normalized spacial score (nSPS) is 21.6. The zero-order valence-electron chi connectivity index (χ0n) is 10.9. The van der Waals surface area contributed by atoms with Gasteiger partial charge in [0.1, 0.15) is 0 Å². The summed E-state index contributed by atoms with van der Waals surface area (Å²) >= 11 is 0. The number of nitrogens with two attached hydrogens (primary N) is 1. The van der Waals surface area contributed by atoms with Crippen molar-refractivity contribution >= 4 is 0 Å². The molecule has 1 unspecified atom stereocenters. The molecule has 0 amide bonds. The topological polar surface area (TPSA) is 49.5 Å². The minimum Gasteiger partial charge on any atom is -0.394 e. The smallest absolute Gasteiger partial charge is 0.0608 e. The summed E-state index contributed by atoms with van der Waals surface area (Å²) in [4.78, 5) is 2.42. The number of hydrogen-bond acceptors (Lipinski definition) is 3. The standard InChI is InChI=1S/C13H28N2O/c1-13(14,11-16)8-5-9-15(2)10-12-6-3-4-7-12/h12,16H,3-11,14H2,1-2H3. The highest BCUT2D eigenvalue weighted by molar-refractivity contribution is 4.77. The lowest BCUT2D eigenvalue weighted by molar-refractivity contribution is 0.189. The fraction of sp³-hybridized carbons (Fsp3) is 1.00. The summed E-state index contributed by atoms with van der Waals surface area (Å²) in [7, 11) is 2.20. The van der Waals surface area contributed by atoms with E-state index < -0.39 is 5.54 Å². The predicted octanol–water partition coefficient (Wildman–Crippen LogP) is 1.60. The van der Waals surface area contributed by atoms with Gasteiger partial charge in [-0.1, -0.05) is 12.8 Å². The molecule has 1 aliphatic carbocycles. The third-order valence-electron chi connectivity index (χ3n) is 3.69. The average molecular weight is 228 g/mol. The second-order valence-corrected chi connectivity index (χ2v) is 5.83. The molecule has 0 saturated heterocycles. The van der Waals surface area contributed by atoms with Crippen LogP contribution in [0.25, 0.3) is 0 Å². The Bertz CT molecular complexity index is 188. The summed E-state index contributed by atoms with van der Waals surface area (Å²) in [6, 6.07) is 0. The third kappa shape index (κ3) is 5.28. The van der Waals surface area contributed by atoms with Gasteiger partial charge in [-0.15, -0.1) is 0 Å². The van der Waals surface area contributed by atoms with E-state index in [4.69, 9.17) is 10.8 Å². The van der Waals surface area contributed by atoms with Gasteiger partial charge in [0.15, 0.2) is 0 Å².